The van der Waals surface area contributed by atoms with Gasteiger partial charge in [0.2, 0.25) is 0 Å². The second-order valence-electron chi connectivity index (χ2n) is 3.12. The van der Waals surface area contributed by atoms with Crippen LogP contribution in [-0.4, -0.2) is 10.8 Å². The first kappa shape index (κ1) is 8.69. The largest absolute Gasteiger partial charge is 0.325 e. The number of carbonyl (C=O) groups excluding carboxylic acids is 1. The van der Waals surface area contributed by atoms with Crippen LogP contribution in [0.5, 0.6) is 0 Å². The van der Waals surface area contributed by atoms with Crippen LogP contribution in [0.4, 0.5) is 0 Å². The number of nitrogens with one attached hydrogen (secondary N) is 1. The third-order valence-corrected chi connectivity index (χ3v) is 2.80. The summed E-state index contributed by atoms with van der Waals surface area (Å²) in [7, 11) is 0. The number of rotatable bonds is 0. The molecule has 1 aromatic rings. The first-order chi connectivity index (χ1) is 6.18. The number of H-pyrrole nitrogens is 1. The van der Waals surface area contributed by atoms with Crippen molar-refractivity contribution < 1.29 is 4.79 Å². The molecule has 1 aliphatic carbocycles. The zero-order valence-corrected chi connectivity index (χ0v) is 8.48. The van der Waals surface area contributed by atoms with Gasteiger partial charge in [-0.1, -0.05) is 0 Å². The van der Waals surface area contributed by atoms with E-state index >= 15 is 0 Å². The zero-order valence-electron chi connectivity index (χ0n) is 6.89. The lowest BCUT2D eigenvalue weighted by atomic mass is 9.95. The Labute approximate surface area is 83.3 Å². The van der Waals surface area contributed by atoms with Crippen molar-refractivity contribution in [3.05, 3.63) is 32.2 Å². The van der Waals surface area contributed by atoms with Gasteiger partial charge in [-0.15, -0.1) is 0 Å². The number of ketones is 1. The molecule has 68 valence electrons. The van der Waals surface area contributed by atoms with E-state index in [9.17, 15) is 9.59 Å². The van der Waals surface area contributed by atoms with Gasteiger partial charge in [-0.05, 0) is 34.8 Å². The lowest BCUT2D eigenvalue weighted by molar-refractivity contribution is 0.0971. The summed E-state index contributed by atoms with van der Waals surface area (Å²) in [5.41, 5.74) is 1.29. The summed E-state index contributed by atoms with van der Waals surface area (Å²) in [5.74, 6) is 0.123. The van der Waals surface area contributed by atoms with Crippen molar-refractivity contribution in [3.8, 4) is 0 Å². The number of aromatic nitrogens is 1. The fraction of sp³-hybridized carbons (Fsp3) is 0.333. The molecule has 0 bridgehead atoms. The highest BCUT2D eigenvalue weighted by Gasteiger charge is 2.18. The fourth-order valence-electron chi connectivity index (χ4n) is 1.55. The van der Waals surface area contributed by atoms with Crippen LogP contribution in [0.2, 0.25) is 0 Å². The van der Waals surface area contributed by atoms with E-state index in [1.165, 1.54) is 0 Å². The summed E-state index contributed by atoms with van der Waals surface area (Å²) in [6.45, 7) is 0. The maximum atomic E-state index is 11.4. The third-order valence-electron chi connectivity index (χ3n) is 2.21. The number of hydrogen-bond donors (Lipinski definition) is 1. The highest BCUT2D eigenvalue weighted by Crippen LogP contribution is 2.19. The molecule has 0 saturated heterocycles. The Bertz CT molecular complexity index is 422. The molecule has 13 heavy (non-hydrogen) atoms. The number of pyridine rings is 1. The molecule has 2 rings (SSSR count). The van der Waals surface area contributed by atoms with Crippen LogP contribution in [0, 0.1) is 0 Å². The molecule has 1 heterocycles. The summed E-state index contributed by atoms with van der Waals surface area (Å²) >= 11 is 3.11. The third kappa shape index (κ3) is 1.46. The Balaban J connectivity index is 2.65. The molecule has 0 unspecified atom stereocenters. The monoisotopic (exact) mass is 241 g/mol. The normalized spacial score (nSPS) is 15.6. The van der Waals surface area contributed by atoms with Crippen LogP contribution in [0.3, 0.4) is 0 Å². The van der Waals surface area contributed by atoms with Crippen molar-refractivity contribution in [2.24, 2.45) is 0 Å². The zero-order chi connectivity index (χ0) is 9.42. The van der Waals surface area contributed by atoms with Gasteiger partial charge in [-0.2, -0.15) is 0 Å². The van der Waals surface area contributed by atoms with Gasteiger partial charge in [0, 0.05) is 17.7 Å². The van der Waals surface area contributed by atoms with E-state index < -0.39 is 0 Å². The number of hydrogen-bond acceptors (Lipinski definition) is 2. The molecule has 0 amide bonds. The Hall–Kier alpha value is -0.900. The smallest absolute Gasteiger partial charge is 0.262 e. The molecule has 1 aliphatic rings. The second kappa shape index (κ2) is 3.10. The van der Waals surface area contributed by atoms with E-state index in [1.807, 2.05) is 0 Å². The quantitative estimate of drug-likeness (QED) is 0.752. The topological polar surface area (TPSA) is 49.9 Å². The molecule has 4 heteroatoms. The Morgan fingerprint density at radius 1 is 1.31 bits per heavy atom. The minimum Gasteiger partial charge on any atom is -0.325 e. The molecular formula is C9H8BrNO2. The summed E-state index contributed by atoms with van der Waals surface area (Å²) in [6, 6.07) is 1.62. The van der Waals surface area contributed by atoms with Gasteiger partial charge in [0.25, 0.3) is 5.56 Å². The number of carbonyl (C=O) groups is 1. The van der Waals surface area contributed by atoms with Gasteiger partial charge in [0.05, 0.1) is 4.47 Å². The van der Waals surface area contributed by atoms with Gasteiger partial charge in [-0.25, -0.2) is 0 Å². The lowest BCUT2D eigenvalue weighted by Crippen LogP contribution is -2.19. The van der Waals surface area contributed by atoms with E-state index in [1.54, 1.807) is 6.07 Å². The van der Waals surface area contributed by atoms with Gasteiger partial charge < -0.3 is 4.98 Å². The molecule has 3 nitrogen and oxygen atoms in total. The number of aromatic amines is 1. The number of aryl methyl sites for hydroxylation is 1. The van der Waals surface area contributed by atoms with Crippen molar-refractivity contribution in [2.75, 3.05) is 0 Å². The average molecular weight is 242 g/mol. The molecule has 0 saturated carbocycles. The molecule has 0 spiro atoms. The van der Waals surface area contributed by atoms with Crippen LogP contribution in [0.1, 0.15) is 28.9 Å². The SMILES string of the molecule is O=C1CCCc2[nH]c(=O)c(Br)cc21. The molecule has 1 N–H and O–H groups in total. The van der Waals surface area contributed by atoms with Crippen LogP contribution < -0.4 is 5.56 Å². The van der Waals surface area contributed by atoms with Gasteiger partial charge >= 0.3 is 0 Å². The van der Waals surface area contributed by atoms with E-state index in [0.717, 1.165) is 18.5 Å². The van der Waals surface area contributed by atoms with Crippen LogP contribution >= 0.6 is 15.9 Å². The van der Waals surface area contributed by atoms with E-state index in [-0.39, 0.29) is 11.3 Å². The van der Waals surface area contributed by atoms with E-state index in [0.29, 0.717) is 16.5 Å². The van der Waals surface area contributed by atoms with Gasteiger partial charge in [-0.3, -0.25) is 9.59 Å². The molecule has 0 aliphatic heterocycles. The standard InChI is InChI=1S/C9H8BrNO2/c10-6-4-5-7(11-9(6)13)2-1-3-8(5)12/h4H,1-3H2,(H,11,13). The first-order valence-electron chi connectivity index (χ1n) is 4.13. The Morgan fingerprint density at radius 2 is 2.08 bits per heavy atom. The fourth-order valence-corrected chi connectivity index (χ4v) is 1.88. The van der Waals surface area contributed by atoms with E-state index in [4.69, 9.17) is 0 Å². The van der Waals surface area contributed by atoms with Crippen molar-refractivity contribution in [2.45, 2.75) is 19.3 Å². The Kier molecular flexibility index (Phi) is 2.07. The van der Waals surface area contributed by atoms with Gasteiger partial charge in [0.15, 0.2) is 5.78 Å². The molecule has 0 radical (unpaired) electrons. The molecular weight excluding hydrogens is 234 g/mol. The average Bonchev–Trinajstić information content (AvgIpc) is 2.09. The summed E-state index contributed by atoms with van der Waals surface area (Å²) in [6.07, 6.45) is 2.22. The van der Waals surface area contributed by atoms with Crippen molar-refractivity contribution >= 4 is 21.7 Å². The van der Waals surface area contributed by atoms with Crippen LogP contribution in [-0.2, 0) is 6.42 Å². The van der Waals surface area contributed by atoms with Crippen LogP contribution in [0.15, 0.2) is 15.3 Å². The lowest BCUT2D eigenvalue weighted by Gasteiger charge is -2.13. The highest BCUT2D eigenvalue weighted by atomic mass is 79.9. The first-order valence-corrected chi connectivity index (χ1v) is 4.92. The number of fused-ring (bicyclic) bond motifs is 1. The number of Topliss-reactive ketones (excluding diaryl/α,β-unsaturated/α-hetero) is 1. The highest BCUT2D eigenvalue weighted by molar-refractivity contribution is 9.10. The molecule has 1 aromatic heterocycles. The summed E-state index contributed by atoms with van der Waals surface area (Å²) < 4.78 is 0.432. The molecule has 0 aromatic carbocycles. The van der Waals surface area contributed by atoms with Crippen molar-refractivity contribution in [1.29, 1.82) is 0 Å². The second-order valence-corrected chi connectivity index (χ2v) is 3.97. The molecule has 0 fully saturated rings. The van der Waals surface area contributed by atoms with Gasteiger partial charge in [0.1, 0.15) is 0 Å². The minimum absolute atomic E-state index is 0.123. The van der Waals surface area contributed by atoms with E-state index in [2.05, 4.69) is 20.9 Å². The maximum Gasteiger partial charge on any atom is 0.262 e. The van der Waals surface area contributed by atoms with Crippen molar-refractivity contribution in [1.82, 2.24) is 4.98 Å². The predicted octanol–water partition coefficient (Wildman–Crippen LogP) is 1.66. The van der Waals surface area contributed by atoms with Crippen LogP contribution in [0.25, 0.3) is 0 Å². The number of halogens is 1. The minimum atomic E-state index is -0.159. The Morgan fingerprint density at radius 3 is 2.85 bits per heavy atom. The summed E-state index contributed by atoms with van der Waals surface area (Å²) in [5, 5.41) is 0. The van der Waals surface area contributed by atoms with Crippen molar-refractivity contribution in [3.63, 3.8) is 0 Å². The summed E-state index contributed by atoms with van der Waals surface area (Å²) in [4.78, 5) is 25.3. The molecule has 0 atom stereocenters. The maximum absolute atomic E-state index is 11.4. The predicted molar refractivity (Wildman–Crippen MR) is 52.0 cm³/mol.